The van der Waals surface area contributed by atoms with Gasteiger partial charge in [0.05, 0.1) is 0 Å². The maximum absolute atomic E-state index is 13.2. The van der Waals surface area contributed by atoms with E-state index in [0.29, 0.717) is 0 Å². The van der Waals surface area contributed by atoms with Crippen molar-refractivity contribution in [3.63, 3.8) is 0 Å². The maximum atomic E-state index is 13.2. The maximum Gasteiger partial charge on any atom is 0.328 e. The van der Waals surface area contributed by atoms with Crippen LogP contribution in [-0.2, 0) is 4.79 Å². The Hall–Kier alpha value is -1.16. The van der Waals surface area contributed by atoms with Crippen LogP contribution in [-0.4, -0.2) is 11.1 Å². The van der Waals surface area contributed by atoms with Crippen molar-refractivity contribution in [1.82, 2.24) is 0 Å². The van der Waals surface area contributed by atoms with Crippen molar-refractivity contribution in [3.05, 3.63) is 39.6 Å². The molecule has 1 aromatic rings. The molecule has 0 atom stereocenters. The van der Waals surface area contributed by atoms with Crippen LogP contribution in [0, 0.1) is 12.7 Å². The van der Waals surface area contributed by atoms with E-state index in [1.165, 1.54) is 12.1 Å². The summed E-state index contributed by atoms with van der Waals surface area (Å²) in [6.45, 7) is 1.76. The monoisotopic (exact) mass is 258 g/mol. The zero-order valence-corrected chi connectivity index (χ0v) is 9.01. The normalized spacial score (nSPS) is 10.8. The number of rotatable bonds is 2. The molecule has 0 unspecified atom stereocenters. The summed E-state index contributed by atoms with van der Waals surface area (Å²) >= 11 is 3.24. The fourth-order valence-electron chi connectivity index (χ4n) is 0.950. The highest BCUT2D eigenvalue weighted by molar-refractivity contribution is 9.10. The molecule has 0 aliphatic rings. The van der Waals surface area contributed by atoms with Crippen molar-refractivity contribution in [1.29, 1.82) is 0 Å². The highest BCUT2D eigenvalue weighted by Gasteiger charge is 2.03. The molecule has 14 heavy (non-hydrogen) atoms. The van der Waals surface area contributed by atoms with Gasteiger partial charge in [0.2, 0.25) is 0 Å². The molecule has 74 valence electrons. The largest absolute Gasteiger partial charge is 0.478 e. The number of carbonyl (C=O) groups is 1. The van der Waals surface area contributed by atoms with Gasteiger partial charge in [-0.25, -0.2) is 9.18 Å². The van der Waals surface area contributed by atoms with Crippen LogP contribution >= 0.6 is 15.9 Å². The molecule has 0 aromatic heterocycles. The summed E-state index contributed by atoms with van der Waals surface area (Å²) in [5.41, 5.74) is 1.03. The summed E-state index contributed by atoms with van der Waals surface area (Å²) in [5, 5.41) is 8.37. The summed E-state index contributed by atoms with van der Waals surface area (Å²) in [5.74, 6) is -1.52. The number of hydrogen-bond donors (Lipinski definition) is 1. The molecule has 1 rings (SSSR count). The van der Waals surface area contributed by atoms with E-state index in [9.17, 15) is 9.18 Å². The van der Waals surface area contributed by atoms with E-state index < -0.39 is 11.8 Å². The Labute approximate surface area is 89.2 Å². The summed E-state index contributed by atoms with van der Waals surface area (Å²) in [7, 11) is 0. The second kappa shape index (κ2) is 4.37. The van der Waals surface area contributed by atoms with E-state index in [-0.39, 0.29) is 5.56 Å². The average molecular weight is 259 g/mol. The molecule has 0 saturated heterocycles. The van der Waals surface area contributed by atoms with Crippen LogP contribution < -0.4 is 0 Å². The Morgan fingerprint density at radius 2 is 2.21 bits per heavy atom. The Balaban J connectivity index is 3.10. The summed E-state index contributed by atoms with van der Waals surface area (Å²) in [6, 6.07) is 2.90. The number of carboxylic acids is 1. The van der Waals surface area contributed by atoms with Gasteiger partial charge in [-0.05, 0) is 30.7 Å². The van der Waals surface area contributed by atoms with Crippen molar-refractivity contribution in [2.75, 3.05) is 0 Å². The molecule has 0 spiro atoms. The van der Waals surface area contributed by atoms with Gasteiger partial charge in [-0.1, -0.05) is 15.9 Å². The van der Waals surface area contributed by atoms with E-state index in [0.717, 1.165) is 16.1 Å². The van der Waals surface area contributed by atoms with Crippen LogP contribution in [0.3, 0.4) is 0 Å². The lowest BCUT2D eigenvalue weighted by molar-refractivity contribution is -0.131. The van der Waals surface area contributed by atoms with Crippen LogP contribution in [0.2, 0.25) is 0 Å². The number of aryl methyl sites for hydroxylation is 1. The first-order valence-corrected chi connectivity index (χ1v) is 4.66. The molecule has 0 heterocycles. The van der Waals surface area contributed by atoms with Crippen molar-refractivity contribution in [2.24, 2.45) is 0 Å². The summed E-state index contributed by atoms with van der Waals surface area (Å²) in [4.78, 5) is 10.2. The fraction of sp³-hybridized carbons (Fsp3) is 0.100. The molecule has 0 amide bonds. The second-order valence-electron chi connectivity index (χ2n) is 2.79. The Morgan fingerprint density at radius 3 is 2.79 bits per heavy atom. The molecule has 0 bridgehead atoms. The van der Waals surface area contributed by atoms with Gasteiger partial charge in [-0.2, -0.15) is 0 Å². The van der Waals surface area contributed by atoms with Gasteiger partial charge in [-0.3, -0.25) is 0 Å². The Morgan fingerprint density at radius 1 is 1.57 bits per heavy atom. The quantitative estimate of drug-likeness (QED) is 0.829. The predicted molar refractivity (Wildman–Crippen MR) is 55.5 cm³/mol. The third-order valence-corrected chi connectivity index (χ3v) is 2.54. The lowest BCUT2D eigenvalue weighted by atomic mass is 10.1. The van der Waals surface area contributed by atoms with E-state index in [1.54, 1.807) is 13.0 Å². The third kappa shape index (κ3) is 2.67. The molecule has 0 aliphatic carbocycles. The standard InChI is InChI=1S/C10H8BrFO2/c1-6-4-9(12)7(5-8(6)11)2-3-10(13)14/h2-5H,1H3,(H,13,14). The van der Waals surface area contributed by atoms with Gasteiger partial charge < -0.3 is 5.11 Å². The SMILES string of the molecule is Cc1cc(F)c(C=CC(=O)O)cc1Br. The first kappa shape index (κ1) is 10.9. The van der Waals surface area contributed by atoms with Crippen LogP contribution in [0.1, 0.15) is 11.1 Å². The zero-order valence-electron chi connectivity index (χ0n) is 7.42. The third-order valence-electron chi connectivity index (χ3n) is 1.68. The van der Waals surface area contributed by atoms with E-state index in [2.05, 4.69) is 15.9 Å². The van der Waals surface area contributed by atoms with Gasteiger partial charge in [0.1, 0.15) is 5.82 Å². The topological polar surface area (TPSA) is 37.3 Å². The van der Waals surface area contributed by atoms with Gasteiger partial charge in [0.15, 0.2) is 0 Å². The lowest BCUT2D eigenvalue weighted by Gasteiger charge is -2.01. The fourth-order valence-corrected chi connectivity index (χ4v) is 1.31. The van der Waals surface area contributed by atoms with Crippen molar-refractivity contribution >= 4 is 28.0 Å². The summed E-state index contributed by atoms with van der Waals surface area (Å²) in [6.07, 6.45) is 2.13. The Kier molecular flexibility index (Phi) is 3.41. The molecule has 2 nitrogen and oxygen atoms in total. The number of benzene rings is 1. The molecule has 1 N–H and O–H groups in total. The molecular formula is C10H8BrFO2. The average Bonchev–Trinajstić information content (AvgIpc) is 2.09. The highest BCUT2D eigenvalue weighted by atomic mass is 79.9. The van der Waals surface area contributed by atoms with Crippen molar-refractivity contribution in [3.8, 4) is 0 Å². The van der Waals surface area contributed by atoms with Crippen LogP contribution in [0.15, 0.2) is 22.7 Å². The summed E-state index contributed by atoms with van der Waals surface area (Å²) < 4.78 is 14.0. The Bertz CT molecular complexity index is 399. The molecular weight excluding hydrogens is 251 g/mol. The number of halogens is 2. The van der Waals surface area contributed by atoms with E-state index >= 15 is 0 Å². The van der Waals surface area contributed by atoms with Gasteiger partial charge in [-0.15, -0.1) is 0 Å². The number of carboxylic acid groups (broad SMARTS) is 1. The van der Waals surface area contributed by atoms with Crippen LogP contribution in [0.4, 0.5) is 4.39 Å². The molecule has 0 fully saturated rings. The van der Waals surface area contributed by atoms with E-state index in [4.69, 9.17) is 5.11 Å². The minimum Gasteiger partial charge on any atom is -0.478 e. The second-order valence-corrected chi connectivity index (χ2v) is 3.65. The minimum atomic E-state index is -1.10. The van der Waals surface area contributed by atoms with Crippen molar-refractivity contribution in [2.45, 2.75) is 6.92 Å². The molecule has 0 radical (unpaired) electrons. The van der Waals surface area contributed by atoms with Gasteiger partial charge >= 0.3 is 5.97 Å². The molecule has 1 aromatic carbocycles. The molecule has 0 saturated carbocycles. The smallest absolute Gasteiger partial charge is 0.328 e. The van der Waals surface area contributed by atoms with Crippen molar-refractivity contribution < 1.29 is 14.3 Å². The van der Waals surface area contributed by atoms with E-state index in [1.807, 2.05) is 0 Å². The molecule has 4 heteroatoms. The highest BCUT2D eigenvalue weighted by Crippen LogP contribution is 2.21. The van der Waals surface area contributed by atoms with Crippen LogP contribution in [0.25, 0.3) is 6.08 Å². The first-order valence-electron chi connectivity index (χ1n) is 3.87. The predicted octanol–water partition coefficient (Wildman–Crippen LogP) is 2.99. The lowest BCUT2D eigenvalue weighted by Crippen LogP contribution is -1.89. The van der Waals surface area contributed by atoms with Gasteiger partial charge in [0.25, 0.3) is 0 Å². The minimum absolute atomic E-state index is 0.255. The number of aliphatic carboxylic acids is 1. The first-order chi connectivity index (χ1) is 6.50. The van der Waals surface area contributed by atoms with Crippen LogP contribution in [0.5, 0.6) is 0 Å². The van der Waals surface area contributed by atoms with Gasteiger partial charge in [0, 0.05) is 16.1 Å². The zero-order chi connectivity index (χ0) is 10.7. The number of hydrogen-bond acceptors (Lipinski definition) is 1. The molecule has 0 aliphatic heterocycles.